The fourth-order valence-corrected chi connectivity index (χ4v) is 5.42. The van der Waals surface area contributed by atoms with E-state index in [2.05, 4.69) is 138 Å². The summed E-state index contributed by atoms with van der Waals surface area (Å²) in [6.45, 7) is 0. The van der Waals surface area contributed by atoms with Crippen LogP contribution < -0.4 is 0 Å². The Kier molecular flexibility index (Phi) is 7.69. The third kappa shape index (κ3) is 5.54. The number of hydrogen-bond donors (Lipinski definition) is 0. The smallest absolute Gasteiger partial charge is 0.0160 e. The minimum Gasteiger partial charge on any atom is -0.305 e. The zero-order chi connectivity index (χ0) is 26.7. The Morgan fingerprint density at radius 1 is 0.439 bits per heavy atom. The van der Waals surface area contributed by atoms with E-state index in [1.54, 1.807) is 0 Å². The van der Waals surface area contributed by atoms with Crippen LogP contribution in [0.1, 0.15) is 0 Å². The summed E-state index contributed by atoms with van der Waals surface area (Å²) in [7, 11) is 0. The van der Waals surface area contributed by atoms with Crippen molar-refractivity contribution in [2.75, 3.05) is 0 Å². The van der Waals surface area contributed by atoms with Crippen molar-refractivity contribution in [3.8, 4) is 55.8 Å². The molecular formula is C39H26IrN-. The number of nitrogens with zero attached hydrogens (tertiary/aromatic N) is 1. The van der Waals surface area contributed by atoms with Gasteiger partial charge in [-0.2, -0.15) is 0 Å². The summed E-state index contributed by atoms with van der Waals surface area (Å²) in [5.74, 6) is 0. The standard InChI is InChI=1S/C39H26N.Ir/c1-2-11-28(12-3-1)34-25-35(27-36(26-34)38-20-10-14-29-13-4-5-19-37(29)38)32-17-8-15-30(23-32)31-16-9-18-33(24-31)39-21-6-7-22-40-39;/h1-17,19-27H;/q-1;. The Morgan fingerprint density at radius 2 is 1.05 bits per heavy atom. The van der Waals surface area contributed by atoms with Crippen LogP contribution in [0.25, 0.3) is 66.5 Å². The van der Waals surface area contributed by atoms with Crippen molar-refractivity contribution in [3.05, 3.63) is 164 Å². The van der Waals surface area contributed by atoms with Crippen LogP contribution in [0.3, 0.4) is 0 Å². The molecule has 7 rings (SSSR count). The molecule has 0 saturated carbocycles. The van der Waals surface area contributed by atoms with Gasteiger partial charge < -0.3 is 4.98 Å². The van der Waals surface area contributed by atoms with E-state index in [1.165, 1.54) is 49.7 Å². The number of pyridine rings is 1. The van der Waals surface area contributed by atoms with Crippen molar-refractivity contribution >= 4 is 10.8 Å². The van der Waals surface area contributed by atoms with Gasteiger partial charge in [0.25, 0.3) is 0 Å². The third-order valence-electron chi connectivity index (χ3n) is 7.41. The average molecular weight is 701 g/mol. The van der Waals surface area contributed by atoms with Gasteiger partial charge in [-0.3, -0.25) is 0 Å². The fourth-order valence-electron chi connectivity index (χ4n) is 5.42. The van der Waals surface area contributed by atoms with Gasteiger partial charge in [0.1, 0.15) is 0 Å². The van der Waals surface area contributed by atoms with Crippen LogP contribution in [0.15, 0.2) is 158 Å². The molecule has 0 aliphatic heterocycles. The van der Waals surface area contributed by atoms with E-state index in [0.717, 1.165) is 16.8 Å². The summed E-state index contributed by atoms with van der Waals surface area (Å²) in [5.41, 5.74) is 11.5. The quantitative estimate of drug-likeness (QED) is 0.163. The predicted octanol–water partition coefficient (Wildman–Crippen LogP) is 10.4. The van der Waals surface area contributed by atoms with Crippen molar-refractivity contribution in [1.29, 1.82) is 0 Å². The molecule has 0 atom stereocenters. The zero-order valence-corrected chi connectivity index (χ0v) is 24.7. The van der Waals surface area contributed by atoms with Gasteiger partial charge in [-0.25, -0.2) is 0 Å². The van der Waals surface area contributed by atoms with Crippen LogP contribution in [-0.2, 0) is 20.1 Å². The van der Waals surface area contributed by atoms with E-state index in [0.29, 0.717) is 0 Å². The Balaban J connectivity index is 0.00000302. The molecule has 7 aromatic rings. The van der Waals surface area contributed by atoms with Crippen LogP contribution in [0.2, 0.25) is 0 Å². The predicted molar refractivity (Wildman–Crippen MR) is 168 cm³/mol. The van der Waals surface area contributed by atoms with Gasteiger partial charge in [0.2, 0.25) is 0 Å². The molecule has 6 aromatic carbocycles. The maximum Gasteiger partial charge on any atom is 0.0160 e. The van der Waals surface area contributed by atoms with E-state index in [1.807, 2.05) is 30.5 Å². The molecule has 0 spiro atoms. The van der Waals surface area contributed by atoms with E-state index >= 15 is 0 Å². The van der Waals surface area contributed by atoms with Gasteiger partial charge >= 0.3 is 0 Å². The number of benzene rings is 6. The van der Waals surface area contributed by atoms with Gasteiger partial charge in [0.05, 0.1) is 0 Å². The molecule has 0 bridgehead atoms. The second kappa shape index (κ2) is 11.9. The molecule has 1 heterocycles. The first-order valence-electron chi connectivity index (χ1n) is 13.5. The van der Waals surface area contributed by atoms with Gasteiger partial charge in [0, 0.05) is 26.3 Å². The topological polar surface area (TPSA) is 12.9 Å². The summed E-state index contributed by atoms with van der Waals surface area (Å²) >= 11 is 0. The van der Waals surface area contributed by atoms with Gasteiger partial charge in [0.15, 0.2) is 0 Å². The van der Waals surface area contributed by atoms with Crippen LogP contribution in [0, 0.1) is 6.07 Å². The molecule has 1 aromatic heterocycles. The Morgan fingerprint density at radius 3 is 1.88 bits per heavy atom. The van der Waals surface area contributed by atoms with Gasteiger partial charge in [-0.1, -0.05) is 103 Å². The van der Waals surface area contributed by atoms with Crippen LogP contribution >= 0.6 is 0 Å². The van der Waals surface area contributed by atoms with Crippen molar-refractivity contribution in [3.63, 3.8) is 0 Å². The van der Waals surface area contributed by atoms with E-state index < -0.39 is 0 Å². The Hall–Kier alpha value is -4.62. The maximum atomic E-state index is 4.52. The largest absolute Gasteiger partial charge is 0.305 e. The summed E-state index contributed by atoms with van der Waals surface area (Å²) in [5, 5.41) is 2.51. The maximum absolute atomic E-state index is 4.52. The normalized spacial score (nSPS) is 10.7. The first-order valence-corrected chi connectivity index (χ1v) is 13.5. The second-order valence-electron chi connectivity index (χ2n) is 9.98. The van der Waals surface area contributed by atoms with Crippen LogP contribution in [-0.4, -0.2) is 4.98 Å². The van der Waals surface area contributed by atoms with Gasteiger partial charge in [-0.15, -0.1) is 35.4 Å². The minimum absolute atomic E-state index is 0. The van der Waals surface area contributed by atoms with Crippen molar-refractivity contribution in [1.82, 2.24) is 4.98 Å². The number of fused-ring (bicyclic) bond motifs is 1. The van der Waals surface area contributed by atoms with Crippen molar-refractivity contribution < 1.29 is 20.1 Å². The Labute approximate surface area is 254 Å². The molecule has 41 heavy (non-hydrogen) atoms. The van der Waals surface area contributed by atoms with Gasteiger partial charge in [-0.05, 0) is 85.7 Å². The molecule has 1 radical (unpaired) electrons. The number of rotatable bonds is 5. The Bertz CT molecular complexity index is 1940. The number of hydrogen-bond acceptors (Lipinski definition) is 1. The summed E-state index contributed by atoms with van der Waals surface area (Å²) < 4.78 is 0. The summed E-state index contributed by atoms with van der Waals surface area (Å²) in [4.78, 5) is 4.52. The van der Waals surface area contributed by atoms with E-state index in [4.69, 9.17) is 0 Å². The molecule has 0 N–H and O–H groups in total. The monoisotopic (exact) mass is 701 g/mol. The molecule has 0 fully saturated rings. The molecule has 0 aliphatic rings. The number of aromatic nitrogens is 1. The molecule has 197 valence electrons. The molecule has 0 amide bonds. The molecule has 1 nitrogen and oxygen atoms in total. The second-order valence-corrected chi connectivity index (χ2v) is 9.98. The van der Waals surface area contributed by atoms with E-state index in [-0.39, 0.29) is 20.1 Å². The molecule has 2 heteroatoms. The average Bonchev–Trinajstić information content (AvgIpc) is 3.05. The SMILES string of the molecule is [Ir].[c-]1ccc(-c2cccc(-c3cc(-c4ccccc4)cc(-c4cccc5ccccc45)c3)c2)cc1-c1ccccn1. The molecular weight excluding hydrogens is 675 g/mol. The molecule has 0 unspecified atom stereocenters. The summed E-state index contributed by atoms with van der Waals surface area (Å²) in [6.07, 6.45) is 1.82. The van der Waals surface area contributed by atoms with Crippen LogP contribution in [0.5, 0.6) is 0 Å². The van der Waals surface area contributed by atoms with Crippen LogP contribution in [0.4, 0.5) is 0 Å². The first-order chi connectivity index (χ1) is 19.8. The molecule has 0 aliphatic carbocycles. The molecule has 0 saturated heterocycles. The first kappa shape index (κ1) is 26.6. The fraction of sp³-hybridized carbons (Fsp3) is 0. The minimum atomic E-state index is 0. The van der Waals surface area contributed by atoms with Crippen molar-refractivity contribution in [2.24, 2.45) is 0 Å². The van der Waals surface area contributed by atoms with Crippen molar-refractivity contribution in [2.45, 2.75) is 0 Å². The summed E-state index contributed by atoms with van der Waals surface area (Å²) in [6, 6.07) is 57.2. The van der Waals surface area contributed by atoms with E-state index in [9.17, 15) is 0 Å². The zero-order valence-electron chi connectivity index (χ0n) is 22.3. The third-order valence-corrected chi connectivity index (χ3v) is 7.41.